The van der Waals surface area contributed by atoms with Crippen molar-refractivity contribution in [2.24, 2.45) is 0 Å². The van der Waals surface area contributed by atoms with Gasteiger partial charge in [0.1, 0.15) is 0 Å². The summed E-state index contributed by atoms with van der Waals surface area (Å²) in [6, 6.07) is 12.9. The summed E-state index contributed by atoms with van der Waals surface area (Å²) in [7, 11) is 0. The van der Waals surface area contributed by atoms with E-state index < -0.39 is 0 Å². The van der Waals surface area contributed by atoms with E-state index in [2.05, 4.69) is 62.5 Å². The molecule has 0 fully saturated rings. The SMILES string of the molecule is CCCNCc1ccc(-c2ccc(C)c(C)c2)cc1Cl. The number of aryl methyl sites for hydroxylation is 2. The molecule has 0 amide bonds. The normalized spacial score (nSPS) is 10.8. The van der Waals surface area contributed by atoms with E-state index in [-0.39, 0.29) is 0 Å². The maximum Gasteiger partial charge on any atom is 0.0457 e. The third-order valence-electron chi connectivity index (χ3n) is 3.64. The maximum absolute atomic E-state index is 6.39. The van der Waals surface area contributed by atoms with Crippen molar-refractivity contribution in [2.75, 3.05) is 6.54 Å². The smallest absolute Gasteiger partial charge is 0.0457 e. The number of hydrogen-bond acceptors (Lipinski definition) is 1. The quantitative estimate of drug-likeness (QED) is 0.752. The fourth-order valence-electron chi connectivity index (χ4n) is 2.19. The molecule has 2 rings (SSSR count). The van der Waals surface area contributed by atoms with Crippen LogP contribution in [0.2, 0.25) is 5.02 Å². The number of benzene rings is 2. The number of nitrogens with one attached hydrogen (secondary N) is 1. The average Bonchev–Trinajstić information content (AvgIpc) is 2.44. The predicted octanol–water partition coefficient (Wildman–Crippen LogP) is 5.12. The van der Waals surface area contributed by atoms with Crippen LogP contribution in [0.1, 0.15) is 30.0 Å². The van der Waals surface area contributed by atoms with Crippen molar-refractivity contribution in [3.05, 3.63) is 58.1 Å². The summed E-state index contributed by atoms with van der Waals surface area (Å²) in [5.41, 5.74) is 6.20. The van der Waals surface area contributed by atoms with Gasteiger partial charge < -0.3 is 5.32 Å². The van der Waals surface area contributed by atoms with Gasteiger partial charge in [0.2, 0.25) is 0 Å². The molecule has 0 unspecified atom stereocenters. The van der Waals surface area contributed by atoms with Gasteiger partial charge in [0.25, 0.3) is 0 Å². The summed E-state index contributed by atoms with van der Waals surface area (Å²) < 4.78 is 0. The molecule has 0 radical (unpaired) electrons. The van der Waals surface area contributed by atoms with Crippen LogP contribution in [0.3, 0.4) is 0 Å². The molecule has 20 heavy (non-hydrogen) atoms. The summed E-state index contributed by atoms with van der Waals surface area (Å²) in [6.07, 6.45) is 1.14. The first-order valence-corrected chi connectivity index (χ1v) is 7.56. The van der Waals surface area contributed by atoms with E-state index in [9.17, 15) is 0 Å². The Morgan fingerprint density at radius 2 is 1.65 bits per heavy atom. The van der Waals surface area contributed by atoms with Gasteiger partial charge in [0, 0.05) is 11.6 Å². The molecule has 1 nitrogen and oxygen atoms in total. The van der Waals surface area contributed by atoms with E-state index in [1.165, 1.54) is 22.3 Å². The number of halogens is 1. The largest absolute Gasteiger partial charge is 0.313 e. The Bertz CT molecular complexity index is 590. The van der Waals surface area contributed by atoms with Gasteiger partial charge in [-0.25, -0.2) is 0 Å². The van der Waals surface area contributed by atoms with Gasteiger partial charge in [-0.1, -0.05) is 48.9 Å². The molecule has 0 aliphatic carbocycles. The van der Waals surface area contributed by atoms with Crippen molar-refractivity contribution < 1.29 is 0 Å². The topological polar surface area (TPSA) is 12.0 Å². The second kappa shape index (κ2) is 6.92. The van der Waals surface area contributed by atoms with Gasteiger partial charge in [-0.3, -0.25) is 0 Å². The van der Waals surface area contributed by atoms with Crippen LogP contribution in [0.4, 0.5) is 0 Å². The molecule has 0 saturated heterocycles. The van der Waals surface area contributed by atoms with Crippen molar-refractivity contribution in [2.45, 2.75) is 33.7 Å². The number of hydrogen-bond donors (Lipinski definition) is 1. The fraction of sp³-hybridized carbons (Fsp3) is 0.333. The van der Waals surface area contributed by atoms with Crippen LogP contribution in [0.15, 0.2) is 36.4 Å². The summed E-state index contributed by atoms with van der Waals surface area (Å²) in [5, 5.41) is 4.22. The standard InChI is InChI=1S/C18H22ClN/c1-4-9-20-12-17-8-7-16(11-18(17)19)15-6-5-13(2)14(3)10-15/h5-8,10-11,20H,4,9,12H2,1-3H3. The Morgan fingerprint density at radius 3 is 2.30 bits per heavy atom. The summed E-state index contributed by atoms with van der Waals surface area (Å²) in [6.45, 7) is 8.30. The Hall–Kier alpha value is -1.31. The first kappa shape index (κ1) is 15.1. The van der Waals surface area contributed by atoms with E-state index in [4.69, 9.17) is 11.6 Å². The highest BCUT2D eigenvalue weighted by Crippen LogP contribution is 2.27. The van der Waals surface area contributed by atoms with E-state index in [1.54, 1.807) is 0 Å². The Labute approximate surface area is 127 Å². The van der Waals surface area contributed by atoms with Gasteiger partial charge >= 0.3 is 0 Å². The van der Waals surface area contributed by atoms with Gasteiger partial charge in [-0.05, 0) is 60.7 Å². The molecule has 0 atom stereocenters. The second-order valence-corrected chi connectivity index (χ2v) is 5.69. The molecule has 0 aliphatic rings. The van der Waals surface area contributed by atoms with Gasteiger partial charge in [-0.15, -0.1) is 0 Å². The molecular formula is C18H22ClN. The Morgan fingerprint density at radius 1 is 0.950 bits per heavy atom. The van der Waals surface area contributed by atoms with Crippen LogP contribution in [-0.4, -0.2) is 6.54 Å². The van der Waals surface area contributed by atoms with Crippen LogP contribution >= 0.6 is 11.6 Å². The zero-order valence-electron chi connectivity index (χ0n) is 12.5. The molecule has 0 heterocycles. The van der Waals surface area contributed by atoms with Crippen LogP contribution in [0, 0.1) is 13.8 Å². The molecule has 0 bridgehead atoms. The Balaban J connectivity index is 2.21. The summed E-state index contributed by atoms with van der Waals surface area (Å²) >= 11 is 6.39. The van der Waals surface area contributed by atoms with Crippen molar-refractivity contribution >= 4 is 11.6 Å². The van der Waals surface area contributed by atoms with Crippen molar-refractivity contribution in [1.29, 1.82) is 0 Å². The van der Waals surface area contributed by atoms with Crippen LogP contribution in [0.5, 0.6) is 0 Å². The highest BCUT2D eigenvalue weighted by atomic mass is 35.5. The highest BCUT2D eigenvalue weighted by Gasteiger charge is 2.04. The molecule has 0 aliphatic heterocycles. The highest BCUT2D eigenvalue weighted by molar-refractivity contribution is 6.31. The predicted molar refractivity (Wildman–Crippen MR) is 88.4 cm³/mol. The first-order chi connectivity index (χ1) is 9.61. The Kier molecular flexibility index (Phi) is 5.22. The van der Waals surface area contributed by atoms with Gasteiger partial charge in [-0.2, -0.15) is 0 Å². The van der Waals surface area contributed by atoms with E-state index in [0.717, 1.165) is 30.1 Å². The average molecular weight is 288 g/mol. The molecule has 2 heteroatoms. The molecule has 2 aromatic carbocycles. The lowest BCUT2D eigenvalue weighted by molar-refractivity contribution is 0.675. The minimum absolute atomic E-state index is 0.833. The number of rotatable bonds is 5. The van der Waals surface area contributed by atoms with E-state index in [1.807, 2.05) is 0 Å². The second-order valence-electron chi connectivity index (χ2n) is 5.28. The van der Waals surface area contributed by atoms with Crippen LogP contribution < -0.4 is 5.32 Å². The minimum atomic E-state index is 0.833. The zero-order chi connectivity index (χ0) is 14.5. The van der Waals surface area contributed by atoms with E-state index in [0.29, 0.717) is 0 Å². The van der Waals surface area contributed by atoms with Crippen LogP contribution in [-0.2, 0) is 6.54 Å². The first-order valence-electron chi connectivity index (χ1n) is 7.18. The minimum Gasteiger partial charge on any atom is -0.313 e. The maximum atomic E-state index is 6.39. The molecule has 1 N–H and O–H groups in total. The zero-order valence-corrected chi connectivity index (χ0v) is 13.2. The molecule has 0 aromatic heterocycles. The lowest BCUT2D eigenvalue weighted by atomic mass is 9.99. The summed E-state index contributed by atoms with van der Waals surface area (Å²) in [4.78, 5) is 0. The molecule has 0 spiro atoms. The molecular weight excluding hydrogens is 266 g/mol. The third kappa shape index (κ3) is 3.62. The molecule has 106 valence electrons. The van der Waals surface area contributed by atoms with Crippen molar-refractivity contribution in [3.63, 3.8) is 0 Å². The lowest BCUT2D eigenvalue weighted by Crippen LogP contribution is -2.13. The van der Waals surface area contributed by atoms with Gasteiger partial charge in [0.15, 0.2) is 0 Å². The lowest BCUT2D eigenvalue weighted by Gasteiger charge is -2.10. The monoisotopic (exact) mass is 287 g/mol. The molecule has 2 aromatic rings. The fourth-order valence-corrected chi connectivity index (χ4v) is 2.44. The van der Waals surface area contributed by atoms with Crippen LogP contribution in [0.25, 0.3) is 11.1 Å². The van der Waals surface area contributed by atoms with Crippen molar-refractivity contribution in [1.82, 2.24) is 5.32 Å². The third-order valence-corrected chi connectivity index (χ3v) is 3.99. The molecule has 0 saturated carbocycles. The van der Waals surface area contributed by atoms with Gasteiger partial charge in [0.05, 0.1) is 0 Å². The van der Waals surface area contributed by atoms with E-state index >= 15 is 0 Å². The summed E-state index contributed by atoms with van der Waals surface area (Å²) in [5.74, 6) is 0. The van der Waals surface area contributed by atoms with Crippen molar-refractivity contribution in [3.8, 4) is 11.1 Å².